The maximum atomic E-state index is 9.69. The van der Waals surface area contributed by atoms with Crippen molar-refractivity contribution in [2.45, 2.75) is 31.2 Å². The first-order valence-corrected chi connectivity index (χ1v) is 6.02. The molecule has 0 bridgehead atoms. The average Bonchev–Trinajstić information content (AvgIpc) is 2.38. The standard InChI is InChI=1S/C15H20O3/c1-2-14(17)15(18)11-13(16)10-6-9-12-7-4-3-5-8-12/h2-9,13-18H,1,10-11H2/b9-6+/t13-,14+,15-/m1/s1. The summed E-state index contributed by atoms with van der Waals surface area (Å²) in [4.78, 5) is 0. The third-order valence-electron chi connectivity index (χ3n) is 2.67. The molecule has 0 aliphatic heterocycles. The van der Waals surface area contributed by atoms with Gasteiger partial charge < -0.3 is 15.3 Å². The van der Waals surface area contributed by atoms with Crippen molar-refractivity contribution < 1.29 is 15.3 Å². The Bertz CT molecular complexity index is 373. The van der Waals surface area contributed by atoms with Crippen molar-refractivity contribution in [1.29, 1.82) is 0 Å². The summed E-state index contributed by atoms with van der Waals surface area (Å²) >= 11 is 0. The van der Waals surface area contributed by atoms with Crippen molar-refractivity contribution in [3.8, 4) is 0 Å². The molecule has 0 spiro atoms. The molecule has 0 fully saturated rings. The molecule has 3 atom stereocenters. The maximum absolute atomic E-state index is 9.69. The highest BCUT2D eigenvalue weighted by molar-refractivity contribution is 5.48. The molecule has 0 saturated carbocycles. The highest BCUT2D eigenvalue weighted by atomic mass is 16.3. The number of benzene rings is 1. The summed E-state index contributed by atoms with van der Waals surface area (Å²) in [5.74, 6) is 0. The van der Waals surface area contributed by atoms with Crippen molar-refractivity contribution in [3.63, 3.8) is 0 Å². The van der Waals surface area contributed by atoms with E-state index < -0.39 is 18.3 Å². The molecular formula is C15H20O3. The number of hydrogen-bond donors (Lipinski definition) is 3. The molecule has 0 heterocycles. The van der Waals surface area contributed by atoms with E-state index in [9.17, 15) is 15.3 Å². The van der Waals surface area contributed by atoms with Crippen LogP contribution in [-0.4, -0.2) is 33.6 Å². The Kier molecular flexibility index (Phi) is 6.36. The number of aliphatic hydroxyl groups excluding tert-OH is 3. The Morgan fingerprint density at radius 2 is 1.78 bits per heavy atom. The van der Waals surface area contributed by atoms with Gasteiger partial charge in [0, 0.05) is 6.42 Å². The van der Waals surface area contributed by atoms with Gasteiger partial charge in [0.05, 0.1) is 18.3 Å². The van der Waals surface area contributed by atoms with Crippen LogP contribution in [0.3, 0.4) is 0 Å². The molecule has 0 aliphatic rings. The van der Waals surface area contributed by atoms with Crippen molar-refractivity contribution in [3.05, 3.63) is 54.6 Å². The van der Waals surface area contributed by atoms with E-state index in [1.165, 1.54) is 6.08 Å². The Balaban J connectivity index is 2.35. The van der Waals surface area contributed by atoms with Crippen LogP contribution in [0, 0.1) is 0 Å². The normalized spacial score (nSPS) is 16.4. The lowest BCUT2D eigenvalue weighted by Gasteiger charge is -2.17. The fourth-order valence-corrected chi connectivity index (χ4v) is 1.60. The molecular weight excluding hydrogens is 228 g/mol. The van der Waals surface area contributed by atoms with Crippen molar-refractivity contribution >= 4 is 6.08 Å². The molecule has 0 aromatic heterocycles. The third kappa shape index (κ3) is 5.27. The van der Waals surface area contributed by atoms with Crippen molar-refractivity contribution in [2.24, 2.45) is 0 Å². The van der Waals surface area contributed by atoms with Gasteiger partial charge in [0.2, 0.25) is 0 Å². The number of hydrogen-bond acceptors (Lipinski definition) is 3. The molecule has 18 heavy (non-hydrogen) atoms. The van der Waals surface area contributed by atoms with Crippen LogP contribution in [-0.2, 0) is 0 Å². The first-order chi connectivity index (χ1) is 8.63. The molecule has 0 saturated heterocycles. The molecule has 1 rings (SSSR count). The molecule has 3 N–H and O–H groups in total. The van der Waals surface area contributed by atoms with Crippen LogP contribution in [0.5, 0.6) is 0 Å². The summed E-state index contributed by atoms with van der Waals surface area (Å²) in [6, 6.07) is 9.78. The Hall–Kier alpha value is -1.42. The first kappa shape index (κ1) is 14.6. The van der Waals surface area contributed by atoms with Gasteiger partial charge in [-0.1, -0.05) is 48.6 Å². The van der Waals surface area contributed by atoms with Gasteiger partial charge in [0.25, 0.3) is 0 Å². The number of rotatable bonds is 7. The summed E-state index contributed by atoms with van der Waals surface area (Å²) in [6.45, 7) is 3.39. The van der Waals surface area contributed by atoms with Gasteiger partial charge in [0.1, 0.15) is 0 Å². The van der Waals surface area contributed by atoms with E-state index in [1.807, 2.05) is 42.5 Å². The van der Waals surface area contributed by atoms with Gasteiger partial charge in [-0.15, -0.1) is 6.58 Å². The van der Waals surface area contributed by atoms with Gasteiger partial charge >= 0.3 is 0 Å². The van der Waals surface area contributed by atoms with Crippen LogP contribution in [0.15, 0.2) is 49.1 Å². The first-order valence-electron chi connectivity index (χ1n) is 6.02. The molecule has 98 valence electrons. The Morgan fingerprint density at radius 1 is 1.11 bits per heavy atom. The molecule has 3 heteroatoms. The summed E-state index contributed by atoms with van der Waals surface area (Å²) < 4.78 is 0. The van der Waals surface area contributed by atoms with Gasteiger partial charge in [-0.25, -0.2) is 0 Å². The molecule has 0 radical (unpaired) electrons. The Labute approximate surface area is 108 Å². The minimum absolute atomic E-state index is 0.131. The van der Waals surface area contributed by atoms with Gasteiger partial charge in [0.15, 0.2) is 0 Å². The molecule has 0 unspecified atom stereocenters. The third-order valence-corrected chi connectivity index (χ3v) is 2.67. The van der Waals surface area contributed by atoms with Gasteiger partial charge in [-0.2, -0.15) is 0 Å². The topological polar surface area (TPSA) is 60.7 Å². The minimum atomic E-state index is -0.988. The Morgan fingerprint density at radius 3 is 2.39 bits per heavy atom. The largest absolute Gasteiger partial charge is 0.393 e. The molecule has 3 nitrogen and oxygen atoms in total. The van der Waals surface area contributed by atoms with Crippen LogP contribution in [0.2, 0.25) is 0 Å². The lowest BCUT2D eigenvalue weighted by Crippen LogP contribution is -2.28. The fraction of sp³-hybridized carbons (Fsp3) is 0.333. The maximum Gasteiger partial charge on any atom is 0.0978 e. The lowest BCUT2D eigenvalue weighted by atomic mass is 10.0. The van der Waals surface area contributed by atoms with E-state index in [0.29, 0.717) is 6.42 Å². The van der Waals surface area contributed by atoms with Gasteiger partial charge in [-0.05, 0) is 12.0 Å². The zero-order valence-corrected chi connectivity index (χ0v) is 10.3. The predicted molar refractivity (Wildman–Crippen MR) is 72.9 cm³/mol. The zero-order valence-electron chi connectivity index (χ0n) is 10.3. The molecule has 0 amide bonds. The van der Waals surface area contributed by atoms with Gasteiger partial charge in [-0.3, -0.25) is 0 Å². The second-order valence-corrected chi connectivity index (χ2v) is 4.23. The summed E-state index contributed by atoms with van der Waals surface area (Å²) in [7, 11) is 0. The quantitative estimate of drug-likeness (QED) is 0.644. The van der Waals surface area contributed by atoms with Crippen molar-refractivity contribution in [1.82, 2.24) is 0 Å². The molecule has 1 aromatic carbocycles. The fourth-order valence-electron chi connectivity index (χ4n) is 1.60. The van der Waals surface area contributed by atoms with Crippen molar-refractivity contribution in [2.75, 3.05) is 0 Å². The van der Waals surface area contributed by atoms with E-state index in [-0.39, 0.29) is 6.42 Å². The second kappa shape index (κ2) is 7.82. The highest BCUT2D eigenvalue weighted by Crippen LogP contribution is 2.09. The monoisotopic (exact) mass is 248 g/mol. The van der Waals surface area contributed by atoms with E-state index in [4.69, 9.17) is 0 Å². The van der Waals surface area contributed by atoms with E-state index in [1.54, 1.807) is 0 Å². The van der Waals surface area contributed by atoms with E-state index >= 15 is 0 Å². The smallest absolute Gasteiger partial charge is 0.0978 e. The summed E-state index contributed by atoms with van der Waals surface area (Å²) in [5.41, 5.74) is 1.07. The van der Waals surface area contributed by atoms with Crippen LogP contribution in [0.1, 0.15) is 18.4 Å². The highest BCUT2D eigenvalue weighted by Gasteiger charge is 2.16. The van der Waals surface area contributed by atoms with Crippen LogP contribution < -0.4 is 0 Å². The minimum Gasteiger partial charge on any atom is -0.393 e. The molecule has 0 aliphatic carbocycles. The predicted octanol–water partition coefficient (Wildman–Crippen LogP) is 1.75. The van der Waals surface area contributed by atoms with Crippen LogP contribution in [0.25, 0.3) is 6.08 Å². The second-order valence-electron chi connectivity index (χ2n) is 4.23. The van der Waals surface area contributed by atoms with E-state index in [0.717, 1.165) is 5.56 Å². The SMILES string of the molecule is C=C[C@H](O)[C@H](O)C[C@H](O)C/C=C/c1ccccc1. The average molecular weight is 248 g/mol. The van der Waals surface area contributed by atoms with E-state index in [2.05, 4.69) is 6.58 Å². The van der Waals surface area contributed by atoms with Crippen LogP contribution >= 0.6 is 0 Å². The molecule has 1 aromatic rings. The summed E-state index contributed by atoms with van der Waals surface area (Å²) in [5, 5.41) is 28.5. The lowest BCUT2D eigenvalue weighted by molar-refractivity contribution is 0.0110. The summed E-state index contributed by atoms with van der Waals surface area (Å²) in [6.07, 6.45) is 2.97. The number of aliphatic hydroxyl groups is 3. The zero-order chi connectivity index (χ0) is 13.4. The van der Waals surface area contributed by atoms with Crippen LogP contribution in [0.4, 0.5) is 0 Å².